The van der Waals surface area contributed by atoms with Crippen LogP contribution < -0.4 is 9.47 Å². The number of carbonyl (C=O) groups is 3. The highest BCUT2D eigenvalue weighted by Gasteiger charge is 2.15. The average molecular weight is 278 g/mol. The number of benzene rings is 1. The second-order valence-electron chi connectivity index (χ2n) is 3.88. The Morgan fingerprint density at radius 3 is 2.60 bits per heavy atom. The molecule has 0 fully saturated rings. The third-order valence-electron chi connectivity index (χ3n) is 2.51. The first-order valence-electron chi connectivity index (χ1n) is 5.73. The number of carbonyl (C=O) groups excluding carboxylic acids is 2. The number of esters is 1. The third-order valence-corrected chi connectivity index (χ3v) is 2.51. The summed E-state index contributed by atoms with van der Waals surface area (Å²) in [5.41, 5.74) is 0.0901. The number of hydrogen-bond donors (Lipinski definition) is 1. The highest BCUT2D eigenvalue weighted by atomic mass is 16.6. The number of carboxylic acids is 1. The smallest absolute Gasteiger partial charge is 0.330 e. The molecule has 0 aromatic heterocycles. The van der Waals surface area contributed by atoms with Crippen molar-refractivity contribution in [3.8, 4) is 11.5 Å². The maximum absolute atomic E-state index is 11.6. The van der Waals surface area contributed by atoms with Crippen molar-refractivity contribution in [3.63, 3.8) is 0 Å². The highest BCUT2D eigenvalue weighted by molar-refractivity contribution is 5.87. The molecule has 20 heavy (non-hydrogen) atoms. The molecule has 0 aliphatic carbocycles. The number of aldehydes is 1. The molecule has 1 N–H and O–H groups in total. The van der Waals surface area contributed by atoms with Crippen molar-refractivity contribution < 1.29 is 29.0 Å². The van der Waals surface area contributed by atoms with Crippen molar-refractivity contribution in [1.82, 2.24) is 0 Å². The van der Waals surface area contributed by atoms with E-state index in [-0.39, 0.29) is 35.5 Å². The third kappa shape index (κ3) is 3.94. The van der Waals surface area contributed by atoms with Crippen LogP contribution in [0.25, 0.3) is 0 Å². The molecule has 1 aromatic carbocycles. The molecule has 0 atom stereocenters. The Balaban J connectivity index is 2.77. The molecule has 0 aliphatic heterocycles. The summed E-state index contributed by atoms with van der Waals surface area (Å²) in [6, 6.07) is 4.62. The molecule has 0 aliphatic rings. The van der Waals surface area contributed by atoms with Crippen LogP contribution in [0, 0.1) is 0 Å². The lowest BCUT2D eigenvalue weighted by atomic mass is 10.1. The van der Waals surface area contributed by atoms with Crippen molar-refractivity contribution in [3.05, 3.63) is 35.9 Å². The topological polar surface area (TPSA) is 89.9 Å². The summed E-state index contributed by atoms with van der Waals surface area (Å²) in [4.78, 5) is 33.1. The van der Waals surface area contributed by atoms with Crippen LogP contribution >= 0.6 is 0 Å². The van der Waals surface area contributed by atoms with Gasteiger partial charge in [0.25, 0.3) is 0 Å². The molecule has 6 heteroatoms. The lowest BCUT2D eigenvalue weighted by Gasteiger charge is -2.10. The van der Waals surface area contributed by atoms with Crippen molar-refractivity contribution in [2.75, 3.05) is 7.11 Å². The van der Waals surface area contributed by atoms with Gasteiger partial charge in [0.1, 0.15) is 0 Å². The summed E-state index contributed by atoms with van der Waals surface area (Å²) in [5.74, 6) is -1.56. The highest BCUT2D eigenvalue weighted by Crippen LogP contribution is 2.30. The van der Waals surface area contributed by atoms with E-state index in [4.69, 9.17) is 14.6 Å². The van der Waals surface area contributed by atoms with Crippen LogP contribution in [0.15, 0.2) is 30.4 Å². The predicted octanol–water partition coefficient (Wildman–Crippen LogP) is 1.83. The zero-order valence-corrected chi connectivity index (χ0v) is 10.9. The fourth-order valence-corrected chi connectivity index (χ4v) is 1.42. The Bertz CT molecular complexity index is 547. The molecule has 1 rings (SSSR count). The van der Waals surface area contributed by atoms with Gasteiger partial charge in [-0.25, -0.2) is 4.79 Å². The maximum atomic E-state index is 11.6. The van der Waals surface area contributed by atoms with E-state index >= 15 is 0 Å². The van der Waals surface area contributed by atoms with Gasteiger partial charge in [-0.15, -0.1) is 0 Å². The first kappa shape index (κ1) is 15.4. The minimum atomic E-state index is -1.16. The van der Waals surface area contributed by atoms with Gasteiger partial charge in [-0.2, -0.15) is 0 Å². The van der Waals surface area contributed by atoms with E-state index in [1.165, 1.54) is 13.2 Å². The van der Waals surface area contributed by atoms with Gasteiger partial charge in [0.05, 0.1) is 19.1 Å². The maximum Gasteiger partial charge on any atom is 0.330 e. The summed E-state index contributed by atoms with van der Waals surface area (Å²) < 4.78 is 10.1. The van der Waals surface area contributed by atoms with Crippen LogP contribution in [0.5, 0.6) is 11.5 Å². The summed E-state index contributed by atoms with van der Waals surface area (Å²) >= 11 is 0. The van der Waals surface area contributed by atoms with Crippen LogP contribution in [0.1, 0.15) is 23.2 Å². The quantitative estimate of drug-likeness (QED) is 0.354. The number of ether oxygens (including phenoxy) is 2. The van der Waals surface area contributed by atoms with Gasteiger partial charge in [0, 0.05) is 5.57 Å². The van der Waals surface area contributed by atoms with E-state index in [1.54, 1.807) is 12.1 Å². The Kier molecular flexibility index (Phi) is 5.46. The standard InChI is InChI=1S/C14H14O6/c1-9(14(17)18)6-7-12(16)20-13-10(8-15)4-3-5-11(13)19-2/h3-5,8H,1,6-7H2,2H3,(H,17,18). The van der Waals surface area contributed by atoms with E-state index in [0.717, 1.165) is 0 Å². The average Bonchev–Trinajstić information content (AvgIpc) is 2.44. The number of para-hydroxylation sites is 1. The monoisotopic (exact) mass is 278 g/mol. The summed E-state index contributed by atoms with van der Waals surface area (Å²) in [6.07, 6.45) is 0.364. The van der Waals surface area contributed by atoms with Crippen molar-refractivity contribution >= 4 is 18.2 Å². The van der Waals surface area contributed by atoms with Crippen molar-refractivity contribution in [1.29, 1.82) is 0 Å². The molecule has 0 saturated heterocycles. The van der Waals surface area contributed by atoms with Crippen LogP contribution in [0.4, 0.5) is 0 Å². The number of hydrogen-bond acceptors (Lipinski definition) is 5. The Labute approximate surface area is 115 Å². The minimum absolute atomic E-state index is 0.0240. The molecule has 6 nitrogen and oxygen atoms in total. The molecule has 0 radical (unpaired) electrons. The Morgan fingerprint density at radius 1 is 1.35 bits per heavy atom. The minimum Gasteiger partial charge on any atom is -0.493 e. The van der Waals surface area contributed by atoms with Crippen molar-refractivity contribution in [2.24, 2.45) is 0 Å². The summed E-state index contributed by atoms with van der Waals surface area (Å²) in [5, 5.41) is 8.63. The Hall–Kier alpha value is -2.63. The lowest BCUT2D eigenvalue weighted by Crippen LogP contribution is -2.11. The molecule has 0 amide bonds. The van der Waals surface area contributed by atoms with E-state index in [0.29, 0.717) is 6.29 Å². The van der Waals surface area contributed by atoms with Gasteiger partial charge >= 0.3 is 11.9 Å². The van der Waals surface area contributed by atoms with Gasteiger partial charge in [0.2, 0.25) is 0 Å². The fourth-order valence-electron chi connectivity index (χ4n) is 1.42. The molecule has 0 bridgehead atoms. The van der Waals surface area contributed by atoms with Crippen LogP contribution in [-0.2, 0) is 9.59 Å². The van der Waals surface area contributed by atoms with E-state index in [1.807, 2.05) is 0 Å². The van der Waals surface area contributed by atoms with Crippen LogP contribution in [0.3, 0.4) is 0 Å². The van der Waals surface area contributed by atoms with Gasteiger partial charge in [-0.3, -0.25) is 9.59 Å². The molecule has 0 saturated carbocycles. The molecular formula is C14H14O6. The zero-order valence-electron chi connectivity index (χ0n) is 10.9. The van der Waals surface area contributed by atoms with E-state index in [2.05, 4.69) is 6.58 Å². The molecular weight excluding hydrogens is 264 g/mol. The number of rotatable bonds is 7. The van der Waals surface area contributed by atoms with Crippen molar-refractivity contribution in [2.45, 2.75) is 12.8 Å². The first-order chi connectivity index (χ1) is 9.49. The van der Waals surface area contributed by atoms with E-state index in [9.17, 15) is 14.4 Å². The van der Waals surface area contributed by atoms with Gasteiger partial charge in [0.15, 0.2) is 17.8 Å². The van der Waals surface area contributed by atoms with Gasteiger partial charge in [-0.1, -0.05) is 12.6 Å². The fraction of sp³-hybridized carbons (Fsp3) is 0.214. The normalized spacial score (nSPS) is 9.65. The van der Waals surface area contributed by atoms with Crippen LogP contribution in [-0.4, -0.2) is 30.4 Å². The SMILES string of the molecule is C=C(CCC(=O)Oc1c(C=O)cccc1OC)C(=O)O. The zero-order chi connectivity index (χ0) is 15.1. The Morgan fingerprint density at radius 2 is 2.05 bits per heavy atom. The van der Waals surface area contributed by atoms with Gasteiger partial charge in [-0.05, 0) is 18.6 Å². The molecule has 1 aromatic rings. The predicted molar refractivity (Wildman–Crippen MR) is 70.0 cm³/mol. The van der Waals surface area contributed by atoms with Gasteiger partial charge < -0.3 is 14.6 Å². The van der Waals surface area contributed by atoms with E-state index < -0.39 is 11.9 Å². The number of methoxy groups -OCH3 is 1. The first-order valence-corrected chi connectivity index (χ1v) is 5.73. The number of carboxylic acid groups (broad SMARTS) is 1. The second kappa shape index (κ2) is 7.08. The second-order valence-corrected chi connectivity index (χ2v) is 3.88. The largest absolute Gasteiger partial charge is 0.493 e. The summed E-state index contributed by atoms with van der Waals surface area (Å²) in [6.45, 7) is 3.31. The molecule has 106 valence electrons. The molecule has 0 unspecified atom stereocenters. The summed E-state index contributed by atoms with van der Waals surface area (Å²) in [7, 11) is 1.38. The number of aliphatic carboxylic acids is 1. The lowest BCUT2D eigenvalue weighted by molar-refractivity contribution is -0.134. The van der Waals surface area contributed by atoms with Crippen LogP contribution in [0.2, 0.25) is 0 Å². The molecule has 0 heterocycles. The molecule has 0 spiro atoms.